The molecule has 1 aromatic heterocycles. The molecule has 166 valence electrons. The lowest BCUT2D eigenvalue weighted by atomic mass is 10.1. The number of rotatable bonds is 13. The van der Waals surface area contributed by atoms with Crippen molar-refractivity contribution in [2.45, 2.75) is 66.0 Å². The van der Waals surface area contributed by atoms with E-state index in [1.807, 2.05) is 0 Å². The van der Waals surface area contributed by atoms with E-state index in [2.05, 4.69) is 58.0 Å². The Hall–Kier alpha value is -1.67. The van der Waals surface area contributed by atoms with Crippen molar-refractivity contribution in [3.63, 3.8) is 0 Å². The van der Waals surface area contributed by atoms with Crippen LogP contribution in [0.3, 0.4) is 0 Å². The second-order valence-electron chi connectivity index (χ2n) is 7.85. The summed E-state index contributed by atoms with van der Waals surface area (Å²) < 4.78 is 7.59. The van der Waals surface area contributed by atoms with Crippen LogP contribution in [0, 0.1) is 5.92 Å². The lowest BCUT2D eigenvalue weighted by Gasteiger charge is -2.21. The van der Waals surface area contributed by atoms with E-state index >= 15 is 0 Å². The Morgan fingerprint density at radius 3 is 2.90 bits per heavy atom. The number of hydrogen-bond acceptors (Lipinski definition) is 5. The minimum atomic E-state index is 0.387. The van der Waals surface area contributed by atoms with Crippen LogP contribution in [-0.4, -0.2) is 77.6 Å². The van der Waals surface area contributed by atoms with Gasteiger partial charge in [0.2, 0.25) is 0 Å². The van der Waals surface area contributed by atoms with Crippen LogP contribution < -0.4 is 10.6 Å². The number of nitrogens with zero attached hydrogens (tertiary/aromatic N) is 5. The largest absolute Gasteiger partial charge is 0.381 e. The van der Waals surface area contributed by atoms with Crippen LogP contribution in [0.4, 0.5) is 0 Å². The highest BCUT2D eigenvalue weighted by molar-refractivity contribution is 5.80. The zero-order valence-corrected chi connectivity index (χ0v) is 18.9. The Balaban J connectivity index is 1.82. The average molecular weight is 408 g/mol. The fraction of sp³-hybridized carbons (Fsp3) is 0.857. The monoisotopic (exact) mass is 407 g/mol. The summed E-state index contributed by atoms with van der Waals surface area (Å²) in [4.78, 5) is 7.32. The summed E-state index contributed by atoms with van der Waals surface area (Å²) in [5, 5.41) is 15.3. The van der Waals surface area contributed by atoms with Crippen molar-refractivity contribution in [2.75, 3.05) is 45.9 Å². The van der Waals surface area contributed by atoms with Gasteiger partial charge in [-0.3, -0.25) is 4.99 Å². The van der Waals surface area contributed by atoms with Gasteiger partial charge in [-0.25, -0.2) is 0 Å². The Morgan fingerprint density at radius 1 is 1.38 bits per heavy atom. The van der Waals surface area contributed by atoms with E-state index in [4.69, 9.17) is 9.73 Å². The third-order valence-electron chi connectivity index (χ3n) is 5.58. The minimum absolute atomic E-state index is 0.387. The first-order valence-corrected chi connectivity index (χ1v) is 11.4. The number of hydrogen-bond donors (Lipinski definition) is 2. The number of ether oxygens (including phenoxy) is 1. The van der Waals surface area contributed by atoms with Gasteiger partial charge in [0, 0.05) is 44.6 Å². The zero-order chi connectivity index (χ0) is 20.9. The first-order valence-electron chi connectivity index (χ1n) is 11.4. The Kier molecular flexibility index (Phi) is 11.0. The van der Waals surface area contributed by atoms with Crippen molar-refractivity contribution in [3.8, 4) is 0 Å². The zero-order valence-electron chi connectivity index (χ0n) is 18.9. The van der Waals surface area contributed by atoms with Gasteiger partial charge in [0.1, 0.15) is 12.2 Å². The Bertz CT molecular complexity index is 579. The highest BCUT2D eigenvalue weighted by atomic mass is 16.5. The van der Waals surface area contributed by atoms with Crippen molar-refractivity contribution in [1.29, 1.82) is 0 Å². The number of nitrogens with one attached hydrogen (secondary N) is 2. The molecule has 8 nitrogen and oxygen atoms in total. The minimum Gasteiger partial charge on any atom is -0.381 e. The van der Waals surface area contributed by atoms with Gasteiger partial charge >= 0.3 is 0 Å². The van der Waals surface area contributed by atoms with Crippen molar-refractivity contribution >= 4 is 5.96 Å². The first kappa shape index (κ1) is 23.6. The molecule has 2 heterocycles. The van der Waals surface area contributed by atoms with Crippen LogP contribution in [0.1, 0.15) is 52.8 Å². The topological polar surface area (TPSA) is 79.6 Å². The molecule has 0 aromatic carbocycles. The molecule has 0 radical (unpaired) electrons. The lowest BCUT2D eigenvalue weighted by molar-refractivity contribution is 0.187. The predicted octanol–water partition coefficient (Wildman–Crippen LogP) is 1.92. The maximum absolute atomic E-state index is 5.49. The van der Waals surface area contributed by atoms with Crippen LogP contribution in [-0.2, 0) is 17.7 Å². The maximum atomic E-state index is 5.49. The van der Waals surface area contributed by atoms with Gasteiger partial charge in [-0.15, -0.1) is 10.2 Å². The van der Waals surface area contributed by atoms with Crippen LogP contribution in [0.5, 0.6) is 0 Å². The number of aromatic nitrogens is 3. The van der Waals surface area contributed by atoms with Gasteiger partial charge in [0.05, 0.1) is 6.61 Å². The normalized spacial score (nSPS) is 18.4. The van der Waals surface area contributed by atoms with Crippen LogP contribution in [0.25, 0.3) is 0 Å². The van der Waals surface area contributed by atoms with Crippen molar-refractivity contribution in [2.24, 2.45) is 10.9 Å². The number of aryl methyl sites for hydroxylation is 1. The first-order chi connectivity index (χ1) is 14.2. The van der Waals surface area contributed by atoms with Crippen molar-refractivity contribution in [3.05, 3.63) is 12.2 Å². The molecule has 0 bridgehead atoms. The van der Waals surface area contributed by atoms with E-state index in [1.165, 1.54) is 6.42 Å². The van der Waals surface area contributed by atoms with Crippen LogP contribution >= 0.6 is 0 Å². The van der Waals surface area contributed by atoms with Crippen molar-refractivity contribution < 1.29 is 4.74 Å². The third kappa shape index (κ3) is 8.70. The van der Waals surface area contributed by atoms with Gasteiger partial charge in [-0.2, -0.15) is 0 Å². The van der Waals surface area contributed by atoms with E-state index < -0.39 is 0 Å². The molecule has 2 rings (SSSR count). The predicted molar refractivity (Wildman–Crippen MR) is 118 cm³/mol. The standard InChI is InChI=1S/C21H41N7O/c1-5-20-26-24-17-28(20)13-11-22-21(23-15-19-10-14-29-16-19)25-18(4)9-8-12-27(6-2)7-3/h17-19H,5-16H2,1-4H3,(H2,22,23,25). The SMILES string of the molecule is CCc1nncn1CCNC(=NCC1CCOC1)NC(C)CCCN(CC)CC. The van der Waals surface area contributed by atoms with Gasteiger partial charge in [0.15, 0.2) is 5.96 Å². The fourth-order valence-corrected chi connectivity index (χ4v) is 3.60. The molecule has 8 heteroatoms. The Labute approximate surface area is 176 Å². The average Bonchev–Trinajstić information content (AvgIpc) is 3.41. The molecule has 0 spiro atoms. The highest BCUT2D eigenvalue weighted by Gasteiger charge is 2.15. The second-order valence-corrected chi connectivity index (χ2v) is 7.85. The van der Waals surface area contributed by atoms with E-state index in [9.17, 15) is 0 Å². The molecule has 0 amide bonds. The number of guanidine groups is 1. The number of aliphatic imine (C=N–C) groups is 1. The van der Waals surface area contributed by atoms with E-state index in [-0.39, 0.29) is 0 Å². The van der Waals surface area contributed by atoms with Crippen molar-refractivity contribution in [1.82, 2.24) is 30.3 Å². The summed E-state index contributed by atoms with van der Waals surface area (Å²) in [5.74, 6) is 2.46. The smallest absolute Gasteiger partial charge is 0.191 e. The van der Waals surface area contributed by atoms with E-state index in [0.717, 1.165) is 83.5 Å². The fourth-order valence-electron chi connectivity index (χ4n) is 3.60. The molecular weight excluding hydrogens is 366 g/mol. The van der Waals surface area contributed by atoms with Gasteiger partial charge in [0.25, 0.3) is 0 Å². The Morgan fingerprint density at radius 2 is 2.21 bits per heavy atom. The molecule has 1 fully saturated rings. The maximum Gasteiger partial charge on any atom is 0.191 e. The third-order valence-corrected chi connectivity index (χ3v) is 5.58. The summed E-state index contributed by atoms with van der Waals surface area (Å²) in [7, 11) is 0. The van der Waals surface area contributed by atoms with E-state index in [1.54, 1.807) is 6.33 Å². The van der Waals surface area contributed by atoms with Gasteiger partial charge < -0.3 is 24.8 Å². The summed E-state index contributed by atoms with van der Waals surface area (Å²) in [6, 6.07) is 0.387. The molecule has 2 unspecified atom stereocenters. The molecule has 1 aliphatic heterocycles. The van der Waals surface area contributed by atoms with Crippen LogP contribution in [0.15, 0.2) is 11.3 Å². The molecule has 0 saturated carbocycles. The summed E-state index contributed by atoms with van der Waals surface area (Å²) >= 11 is 0. The van der Waals surface area contributed by atoms with E-state index in [0.29, 0.717) is 12.0 Å². The van der Waals surface area contributed by atoms with Gasteiger partial charge in [-0.05, 0) is 45.8 Å². The molecule has 1 aromatic rings. The molecule has 0 aliphatic carbocycles. The molecule has 1 saturated heterocycles. The highest BCUT2D eigenvalue weighted by Crippen LogP contribution is 2.12. The summed E-state index contributed by atoms with van der Waals surface area (Å²) in [6.45, 7) is 16.3. The second kappa shape index (κ2) is 13.5. The molecule has 2 N–H and O–H groups in total. The molecular formula is C21H41N7O. The van der Waals surface area contributed by atoms with Crippen LogP contribution in [0.2, 0.25) is 0 Å². The molecule has 1 aliphatic rings. The van der Waals surface area contributed by atoms with Gasteiger partial charge in [-0.1, -0.05) is 20.8 Å². The molecule has 2 atom stereocenters. The lowest BCUT2D eigenvalue weighted by Crippen LogP contribution is -2.44. The quantitative estimate of drug-likeness (QED) is 0.384. The summed E-state index contributed by atoms with van der Waals surface area (Å²) in [5.41, 5.74) is 0. The summed E-state index contributed by atoms with van der Waals surface area (Å²) in [6.07, 6.45) is 6.13. The molecule has 29 heavy (non-hydrogen) atoms.